The normalized spacial score (nSPS) is 13.4. The maximum Gasteiger partial charge on any atom is 0.129 e. The Morgan fingerprint density at radius 2 is 0.771 bits per heavy atom. The van der Waals surface area contributed by atoms with E-state index in [1.54, 1.807) is 0 Å². The van der Waals surface area contributed by atoms with Crippen molar-refractivity contribution in [3.05, 3.63) is 67.7 Å². The molecular formula is C31H39BrSi3. The SMILES string of the molecule is C[Si](C)(C)C#Cc1cc2c(C#C[Si](C)(C)C)cc1CCc1cc(C#C[Si](C)(C)C)c(cc1Br)CC2. The third-order valence-corrected chi connectivity index (χ3v) is 9.01. The molecule has 0 N–H and O–H groups in total. The fraction of sp³-hybridized carbons (Fsp3) is 0.419. The standard InChI is InChI=1S/C31H39BrSi3/c1-33(2,3)17-14-27-21-25-12-13-30-22-29(16-19-35(7,8)9)26(23-31(30)32)11-10-24(27)20-28(25)15-18-34(4,5)6/h20-23H,10-13H2,1-9H3. The zero-order chi connectivity index (χ0) is 26.0. The quantitative estimate of drug-likeness (QED) is 0.220. The first-order valence-electron chi connectivity index (χ1n) is 12.7. The van der Waals surface area contributed by atoms with E-state index in [0.29, 0.717) is 0 Å². The number of halogens is 1. The van der Waals surface area contributed by atoms with E-state index in [1.807, 2.05) is 0 Å². The van der Waals surface area contributed by atoms with Crippen LogP contribution in [0.15, 0.2) is 28.7 Å². The van der Waals surface area contributed by atoms with E-state index in [9.17, 15) is 0 Å². The van der Waals surface area contributed by atoms with Crippen molar-refractivity contribution in [1.82, 2.24) is 0 Å². The highest BCUT2D eigenvalue weighted by atomic mass is 79.9. The van der Waals surface area contributed by atoms with Crippen LogP contribution in [0, 0.1) is 34.4 Å². The van der Waals surface area contributed by atoms with Gasteiger partial charge in [0.15, 0.2) is 0 Å². The Bertz CT molecular complexity index is 1310. The molecule has 0 nitrogen and oxygen atoms in total. The summed E-state index contributed by atoms with van der Waals surface area (Å²) in [6, 6.07) is 9.36. The molecule has 2 aromatic carbocycles. The topological polar surface area (TPSA) is 0 Å². The summed E-state index contributed by atoms with van der Waals surface area (Å²) >= 11 is 3.87. The second-order valence-corrected chi connectivity index (χ2v) is 27.9. The summed E-state index contributed by atoms with van der Waals surface area (Å²) in [5, 5.41) is 0. The van der Waals surface area contributed by atoms with E-state index in [4.69, 9.17) is 0 Å². The first-order valence-corrected chi connectivity index (χ1v) is 24.0. The molecule has 0 atom stereocenters. The Morgan fingerprint density at radius 3 is 1.11 bits per heavy atom. The van der Waals surface area contributed by atoms with Crippen molar-refractivity contribution in [3.8, 4) is 34.4 Å². The van der Waals surface area contributed by atoms with Crippen molar-refractivity contribution in [1.29, 1.82) is 0 Å². The largest absolute Gasteiger partial charge is 0.129 e. The highest BCUT2D eigenvalue weighted by molar-refractivity contribution is 9.10. The molecule has 0 aromatic heterocycles. The summed E-state index contributed by atoms with van der Waals surface area (Å²) in [4.78, 5) is 0. The van der Waals surface area contributed by atoms with Crippen LogP contribution in [-0.4, -0.2) is 24.2 Å². The third-order valence-electron chi connectivity index (χ3n) is 5.65. The number of hydrogen-bond acceptors (Lipinski definition) is 0. The minimum absolute atomic E-state index is 0.949. The lowest BCUT2D eigenvalue weighted by Gasteiger charge is -2.17. The summed E-state index contributed by atoms with van der Waals surface area (Å²) in [6.07, 6.45) is 3.82. The average molecular weight is 576 g/mol. The molecule has 0 saturated heterocycles. The van der Waals surface area contributed by atoms with Crippen LogP contribution in [-0.2, 0) is 25.7 Å². The molecule has 0 aliphatic heterocycles. The second-order valence-electron chi connectivity index (χ2n) is 12.8. The van der Waals surface area contributed by atoms with Crippen molar-refractivity contribution in [2.24, 2.45) is 0 Å². The number of rotatable bonds is 0. The van der Waals surface area contributed by atoms with Gasteiger partial charge < -0.3 is 0 Å². The molecule has 0 heterocycles. The maximum absolute atomic E-state index is 3.87. The van der Waals surface area contributed by atoms with Crippen molar-refractivity contribution in [2.75, 3.05) is 0 Å². The second kappa shape index (κ2) is 10.7. The summed E-state index contributed by atoms with van der Waals surface area (Å²) in [5.74, 6) is 10.8. The minimum atomic E-state index is -1.47. The molecule has 0 amide bonds. The molecule has 6 rings (SSSR count). The van der Waals surface area contributed by atoms with Gasteiger partial charge in [0.25, 0.3) is 0 Å². The summed E-state index contributed by atoms with van der Waals surface area (Å²) in [7, 11) is -4.40. The molecule has 4 heteroatoms. The zero-order valence-corrected chi connectivity index (χ0v) is 27.6. The van der Waals surface area contributed by atoms with Gasteiger partial charge in [-0.05, 0) is 72.2 Å². The van der Waals surface area contributed by atoms with Gasteiger partial charge in [-0.15, -0.1) is 16.6 Å². The van der Waals surface area contributed by atoms with Crippen LogP contribution in [0.1, 0.15) is 38.9 Å². The summed E-state index contributed by atoms with van der Waals surface area (Å²) in [6.45, 7) is 20.8. The Labute approximate surface area is 225 Å². The maximum atomic E-state index is 3.87. The monoisotopic (exact) mass is 574 g/mol. The molecule has 0 saturated carbocycles. The molecule has 0 radical (unpaired) electrons. The molecule has 0 fully saturated rings. The lowest BCUT2D eigenvalue weighted by Crippen LogP contribution is -2.17. The minimum Gasteiger partial charge on any atom is -0.127 e. The molecule has 182 valence electrons. The predicted molar refractivity (Wildman–Crippen MR) is 166 cm³/mol. The highest BCUT2D eigenvalue weighted by Crippen LogP contribution is 2.28. The van der Waals surface area contributed by atoms with E-state index in [0.717, 1.165) is 25.7 Å². The molecule has 4 aliphatic carbocycles. The lowest BCUT2D eigenvalue weighted by atomic mass is 9.89. The van der Waals surface area contributed by atoms with Crippen LogP contribution in [0.4, 0.5) is 0 Å². The molecular weight excluding hydrogens is 537 g/mol. The van der Waals surface area contributed by atoms with Crippen molar-refractivity contribution < 1.29 is 0 Å². The van der Waals surface area contributed by atoms with Gasteiger partial charge in [-0.1, -0.05) is 92.6 Å². The number of hydrogen-bond donors (Lipinski definition) is 0. The van der Waals surface area contributed by atoms with Gasteiger partial charge in [-0.2, -0.15) is 0 Å². The molecule has 0 unspecified atom stereocenters. The molecule has 4 bridgehead atoms. The van der Waals surface area contributed by atoms with Gasteiger partial charge in [0, 0.05) is 21.2 Å². The number of benzene rings is 2. The summed E-state index contributed by atoms with van der Waals surface area (Å²) < 4.78 is 1.20. The van der Waals surface area contributed by atoms with Gasteiger partial charge in [-0.25, -0.2) is 0 Å². The van der Waals surface area contributed by atoms with Gasteiger partial charge in [0.05, 0.1) is 0 Å². The predicted octanol–water partition coefficient (Wildman–Crippen LogP) is 8.02. The average Bonchev–Trinajstić information content (AvgIpc) is 2.70. The Hall–Kier alpha value is -1.75. The van der Waals surface area contributed by atoms with Crippen LogP contribution in [0.2, 0.25) is 58.9 Å². The van der Waals surface area contributed by atoms with Crippen LogP contribution < -0.4 is 0 Å². The first-order chi connectivity index (χ1) is 16.1. The molecule has 2 aromatic rings. The van der Waals surface area contributed by atoms with Gasteiger partial charge in [0.1, 0.15) is 24.2 Å². The van der Waals surface area contributed by atoms with Crippen LogP contribution >= 0.6 is 15.9 Å². The highest BCUT2D eigenvalue weighted by Gasteiger charge is 2.17. The molecule has 4 aliphatic rings. The van der Waals surface area contributed by atoms with Crippen LogP contribution in [0.3, 0.4) is 0 Å². The molecule has 0 spiro atoms. The fourth-order valence-corrected chi connectivity index (χ4v) is 5.93. The van der Waals surface area contributed by atoms with E-state index in [-0.39, 0.29) is 0 Å². The van der Waals surface area contributed by atoms with Gasteiger partial charge in [-0.3, -0.25) is 0 Å². The zero-order valence-electron chi connectivity index (χ0n) is 23.0. The van der Waals surface area contributed by atoms with Gasteiger partial charge in [0.2, 0.25) is 0 Å². The van der Waals surface area contributed by atoms with Crippen molar-refractivity contribution in [2.45, 2.75) is 84.6 Å². The van der Waals surface area contributed by atoms with E-state index in [1.165, 1.54) is 43.4 Å². The van der Waals surface area contributed by atoms with E-state index < -0.39 is 24.2 Å². The third kappa shape index (κ3) is 8.70. The van der Waals surface area contributed by atoms with Crippen molar-refractivity contribution >= 4 is 40.2 Å². The fourth-order valence-electron chi connectivity index (χ4n) is 3.81. The Morgan fingerprint density at radius 1 is 0.486 bits per heavy atom. The summed E-state index contributed by atoms with van der Waals surface area (Å²) in [5.41, 5.74) is 19.7. The van der Waals surface area contributed by atoms with E-state index >= 15 is 0 Å². The van der Waals surface area contributed by atoms with Gasteiger partial charge >= 0.3 is 0 Å². The van der Waals surface area contributed by atoms with Crippen LogP contribution in [0.25, 0.3) is 0 Å². The molecule has 35 heavy (non-hydrogen) atoms. The van der Waals surface area contributed by atoms with E-state index in [2.05, 4.69) is 134 Å². The number of aryl methyl sites for hydroxylation is 4. The van der Waals surface area contributed by atoms with Crippen LogP contribution in [0.5, 0.6) is 0 Å². The Balaban J connectivity index is 2.18. The van der Waals surface area contributed by atoms with Crippen molar-refractivity contribution in [3.63, 3.8) is 0 Å². The Kier molecular flexibility index (Phi) is 8.51. The smallest absolute Gasteiger partial charge is 0.127 e. The lowest BCUT2D eigenvalue weighted by molar-refractivity contribution is 0.908. The first kappa shape index (κ1) is 27.8.